The first-order chi connectivity index (χ1) is 28.7. The van der Waals surface area contributed by atoms with Crippen LogP contribution in [-0.4, -0.2) is 9.97 Å². The quantitative estimate of drug-likeness (QED) is 0.175. The number of hydrogen-bond acceptors (Lipinski definition) is 4. The molecule has 3 heterocycles. The first kappa shape index (κ1) is 33.0. The predicted molar refractivity (Wildman–Crippen MR) is 244 cm³/mol. The zero-order valence-electron chi connectivity index (χ0n) is 31.4. The molecule has 11 aromatic rings. The van der Waals surface area contributed by atoms with E-state index in [0.717, 1.165) is 77.1 Å². The zero-order chi connectivity index (χ0) is 38.2. The fourth-order valence-corrected chi connectivity index (χ4v) is 10.1. The van der Waals surface area contributed by atoms with Crippen molar-refractivity contribution >= 4 is 80.7 Å². The Bertz CT molecular complexity index is 3480. The van der Waals surface area contributed by atoms with Gasteiger partial charge in [0.15, 0.2) is 5.82 Å². The van der Waals surface area contributed by atoms with Crippen molar-refractivity contribution in [2.24, 2.45) is 0 Å². The van der Waals surface area contributed by atoms with E-state index >= 15 is 0 Å². The Kier molecular flexibility index (Phi) is 7.54. The maximum Gasteiger partial charge on any atom is 0.161 e. The molecule has 0 amide bonds. The highest BCUT2D eigenvalue weighted by molar-refractivity contribution is 7.26. The van der Waals surface area contributed by atoms with Crippen molar-refractivity contribution in [3.05, 3.63) is 199 Å². The van der Waals surface area contributed by atoms with Gasteiger partial charge >= 0.3 is 0 Å². The molecule has 1 atom stereocenters. The molecule has 0 saturated carbocycles. The number of rotatable bonds is 5. The summed E-state index contributed by atoms with van der Waals surface area (Å²) in [5.74, 6) is 1.05. The van der Waals surface area contributed by atoms with Gasteiger partial charge in [-0.05, 0) is 85.6 Å². The number of hydrogen-bond donors (Lipinski definition) is 0. The number of aromatic nitrogens is 2. The molecule has 4 heteroatoms. The van der Waals surface area contributed by atoms with Gasteiger partial charge < -0.3 is 4.42 Å². The summed E-state index contributed by atoms with van der Waals surface area (Å²) in [6.45, 7) is 0. The lowest BCUT2D eigenvalue weighted by molar-refractivity contribution is 0.669. The van der Waals surface area contributed by atoms with E-state index in [2.05, 4.69) is 188 Å². The van der Waals surface area contributed by atoms with Gasteiger partial charge in [0.2, 0.25) is 0 Å². The van der Waals surface area contributed by atoms with Gasteiger partial charge in [-0.2, -0.15) is 0 Å². The van der Waals surface area contributed by atoms with Crippen LogP contribution in [-0.2, 0) is 0 Å². The first-order valence-electron chi connectivity index (χ1n) is 19.8. The lowest BCUT2D eigenvalue weighted by Gasteiger charge is -2.17. The van der Waals surface area contributed by atoms with Crippen molar-refractivity contribution in [2.75, 3.05) is 0 Å². The molecule has 3 nitrogen and oxygen atoms in total. The van der Waals surface area contributed by atoms with Gasteiger partial charge in [0.1, 0.15) is 11.2 Å². The van der Waals surface area contributed by atoms with Gasteiger partial charge in [-0.25, -0.2) is 9.97 Å². The predicted octanol–water partition coefficient (Wildman–Crippen LogP) is 15.2. The molecule has 1 aliphatic rings. The summed E-state index contributed by atoms with van der Waals surface area (Å²) in [6.07, 6.45) is 7.86. The number of nitrogens with zero attached hydrogens (tertiary/aromatic N) is 2. The summed E-state index contributed by atoms with van der Waals surface area (Å²) in [5, 5.41) is 8.10. The summed E-state index contributed by atoms with van der Waals surface area (Å²) >= 11 is 1.77. The van der Waals surface area contributed by atoms with Crippen LogP contribution in [0.4, 0.5) is 0 Å². The fraction of sp³-hybridized carbons (Fsp3) is 0.0370. The molecule has 58 heavy (non-hydrogen) atoms. The minimum Gasteiger partial charge on any atom is -0.456 e. The molecular formula is C54H34N2OS. The number of furan rings is 1. The summed E-state index contributed by atoms with van der Waals surface area (Å²) in [6, 6.07) is 60.7. The van der Waals surface area contributed by atoms with E-state index in [-0.39, 0.29) is 0 Å². The third-order valence-corrected chi connectivity index (χ3v) is 13.0. The van der Waals surface area contributed by atoms with Crippen LogP contribution in [0.1, 0.15) is 23.6 Å². The number of fused-ring (bicyclic) bond motifs is 9. The third kappa shape index (κ3) is 5.33. The summed E-state index contributed by atoms with van der Waals surface area (Å²) < 4.78 is 9.03. The molecule has 12 rings (SSSR count). The molecule has 1 unspecified atom stereocenters. The van der Waals surface area contributed by atoms with Crippen LogP contribution in [0, 0.1) is 0 Å². The van der Waals surface area contributed by atoms with E-state index < -0.39 is 0 Å². The minimum absolute atomic E-state index is 0.346. The maximum absolute atomic E-state index is 6.70. The lowest BCUT2D eigenvalue weighted by atomic mass is 9.89. The van der Waals surface area contributed by atoms with Gasteiger partial charge in [0, 0.05) is 32.3 Å². The van der Waals surface area contributed by atoms with Crippen LogP contribution < -0.4 is 0 Å². The second-order valence-corrected chi connectivity index (χ2v) is 16.3. The molecule has 1 aliphatic carbocycles. The lowest BCUT2D eigenvalue weighted by Crippen LogP contribution is -2.01. The molecule has 0 saturated heterocycles. The Morgan fingerprint density at radius 3 is 2.10 bits per heavy atom. The van der Waals surface area contributed by atoms with Crippen LogP contribution in [0.25, 0.3) is 103 Å². The second kappa shape index (κ2) is 13.2. The van der Waals surface area contributed by atoms with E-state index in [0.29, 0.717) is 11.7 Å². The molecular weight excluding hydrogens is 725 g/mol. The Hall–Kier alpha value is -7.14. The van der Waals surface area contributed by atoms with Crippen molar-refractivity contribution in [3.63, 3.8) is 0 Å². The highest BCUT2D eigenvalue weighted by Gasteiger charge is 2.22. The van der Waals surface area contributed by atoms with Gasteiger partial charge in [-0.1, -0.05) is 164 Å². The van der Waals surface area contributed by atoms with Gasteiger partial charge in [-0.3, -0.25) is 0 Å². The highest BCUT2D eigenvalue weighted by Crippen LogP contribution is 2.44. The standard InChI is InChI=1S/C54H34N2OS/c1-2-11-33(12-3-1)34-23-27-38(28-24-34)51-53-52(44-18-8-9-20-49(44)58-53)56-54(55-51)45-32-48-50(43-17-7-6-16-42(43)45)46-31-39(29-30-47(46)57-48)35-21-25-37(26-22-35)41-19-10-14-36-13-4-5-15-40(36)41/h1-23,25-32,34H,24H2. The van der Waals surface area contributed by atoms with Gasteiger partial charge in [-0.15, -0.1) is 11.3 Å². The molecule has 272 valence electrons. The zero-order valence-corrected chi connectivity index (χ0v) is 32.2. The van der Waals surface area contributed by atoms with E-state index in [1.807, 2.05) is 0 Å². The highest BCUT2D eigenvalue weighted by atomic mass is 32.1. The molecule has 0 fully saturated rings. The molecule has 0 aliphatic heterocycles. The maximum atomic E-state index is 6.70. The number of benzene rings is 8. The summed E-state index contributed by atoms with van der Waals surface area (Å²) in [5.41, 5.74) is 11.9. The third-order valence-electron chi connectivity index (χ3n) is 11.9. The number of allylic oxidation sites excluding steroid dienone is 4. The van der Waals surface area contributed by atoms with Crippen molar-refractivity contribution in [1.29, 1.82) is 0 Å². The Morgan fingerprint density at radius 2 is 1.26 bits per heavy atom. The average Bonchev–Trinajstić information content (AvgIpc) is 3.87. The SMILES string of the molecule is C1=CC(c2ccccc2)CC=C1c1nc(-c2cc3oc4ccc(-c5ccc(-c6cccc7ccccc67)cc5)cc4c3c3ccccc23)nc2c1sc1ccccc12. The Balaban J connectivity index is 0.988. The van der Waals surface area contributed by atoms with Crippen molar-refractivity contribution in [3.8, 4) is 33.6 Å². The van der Waals surface area contributed by atoms with E-state index in [9.17, 15) is 0 Å². The monoisotopic (exact) mass is 758 g/mol. The van der Waals surface area contributed by atoms with Crippen LogP contribution in [0.2, 0.25) is 0 Å². The van der Waals surface area contributed by atoms with E-state index in [1.54, 1.807) is 11.3 Å². The van der Waals surface area contributed by atoms with Crippen LogP contribution in [0.3, 0.4) is 0 Å². The van der Waals surface area contributed by atoms with Crippen molar-refractivity contribution in [2.45, 2.75) is 12.3 Å². The second-order valence-electron chi connectivity index (χ2n) is 15.2. The topological polar surface area (TPSA) is 38.9 Å². The smallest absolute Gasteiger partial charge is 0.161 e. The van der Waals surface area contributed by atoms with Crippen LogP contribution in [0.5, 0.6) is 0 Å². The van der Waals surface area contributed by atoms with Crippen LogP contribution >= 0.6 is 11.3 Å². The molecule has 0 radical (unpaired) electrons. The van der Waals surface area contributed by atoms with Crippen molar-refractivity contribution < 1.29 is 4.42 Å². The summed E-state index contributed by atoms with van der Waals surface area (Å²) in [7, 11) is 0. The fourth-order valence-electron chi connectivity index (χ4n) is 8.98. The van der Waals surface area contributed by atoms with Gasteiger partial charge in [0.25, 0.3) is 0 Å². The summed E-state index contributed by atoms with van der Waals surface area (Å²) in [4.78, 5) is 10.8. The minimum atomic E-state index is 0.346. The molecule has 8 aromatic carbocycles. The largest absolute Gasteiger partial charge is 0.456 e. The van der Waals surface area contributed by atoms with E-state index in [1.165, 1.54) is 37.7 Å². The average molecular weight is 759 g/mol. The normalized spacial score (nSPS) is 14.3. The Labute approximate surface area is 338 Å². The molecule has 3 aromatic heterocycles. The molecule has 0 spiro atoms. The molecule has 0 bridgehead atoms. The van der Waals surface area contributed by atoms with Crippen LogP contribution in [0.15, 0.2) is 193 Å². The van der Waals surface area contributed by atoms with Gasteiger partial charge in [0.05, 0.1) is 15.9 Å². The number of thiophene rings is 1. The van der Waals surface area contributed by atoms with Crippen molar-refractivity contribution in [1.82, 2.24) is 9.97 Å². The Morgan fingerprint density at radius 1 is 0.534 bits per heavy atom. The first-order valence-corrected chi connectivity index (χ1v) is 20.7. The molecule has 0 N–H and O–H groups in total. The van der Waals surface area contributed by atoms with E-state index in [4.69, 9.17) is 14.4 Å².